The number of carbonyl (C=O) groups excluding carboxylic acids is 1. The molecule has 0 aliphatic rings. The molecule has 3 heteroatoms. The zero-order valence-electron chi connectivity index (χ0n) is 16.0. The van der Waals surface area contributed by atoms with Gasteiger partial charge in [-0.25, -0.2) is 0 Å². The van der Waals surface area contributed by atoms with E-state index in [0.717, 1.165) is 23.2 Å². The first-order chi connectivity index (χ1) is 11.7. The predicted octanol–water partition coefficient (Wildman–Crippen LogP) is 5.77. The van der Waals surface area contributed by atoms with Gasteiger partial charge >= 0.3 is 0 Å². The monoisotopic (exact) mass is 340 g/mol. The molecule has 3 nitrogen and oxygen atoms in total. The molecule has 134 valence electrons. The molecule has 0 aromatic heterocycles. The van der Waals surface area contributed by atoms with Crippen LogP contribution in [-0.4, -0.2) is 11.4 Å². The van der Waals surface area contributed by atoms with Gasteiger partial charge in [-0.2, -0.15) is 0 Å². The second-order valence-corrected chi connectivity index (χ2v) is 7.58. The third-order valence-corrected chi connectivity index (χ3v) is 4.36. The van der Waals surface area contributed by atoms with Crippen LogP contribution in [0.15, 0.2) is 36.4 Å². The Labute approximate surface area is 150 Å². The second-order valence-electron chi connectivity index (χ2n) is 7.58. The maximum absolute atomic E-state index is 11.6. The molecular weight excluding hydrogens is 312 g/mol. The molecule has 0 unspecified atom stereocenters. The summed E-state index contributed by atoms with van der Waals surface area (Å²) < 4.78 is 6.35. The normalized spacial score (nSPS) is 11.9. The highest BCUT2D eigenvalue weighted by Crippen LogP contribution is 2.41. The first-order valence-corrected chi connectivity index (χ1v) is 8.78. The molecule has 2 aromatic rings. The summed E-state index contributed by atoms with van der Waals surface area (Å²) >= 11 is 0. The minimum Gasteiger partial charge on any atom is -0.456 e. The average molecular weight is 340 g/mol. The van der Waals surface area contributed by atoms with Crippen molar-refractivity contribution in [3.8, 4) is 11.5 Å². The molecule has 0 radical (unpaired) electrons. The lowest BCUT2D eigenvalue weighted by Crippen LogP contribution is -2.17. The van der Waals surface area contributed by atoms with Gasteiger partial charge in [0.2, 0.25) is 0 Å². The van der Waals surface area contributed by atoms with Gasteiger partial charge in [0.1, 0.15) is 11.5 Å². The molecule has 0 spiro atoms. The summed E-state index contributed by atoms with van der Waals surface area (Å²) in [5, 5.41) is 10.5. The van der Waals surface area contributed by atoms with Gasteiger partial charge in [-0.1, -0.05) is 58.0 Å². The maximum Gasteiger partial charge on any atom is 0.153 e. The van der Waals surface area contributed by atoms with Gasteiger partial charge in [-0.15, -0.1) is 0 Å². The second kappa shape index (κ2) is 7.40. The van der Waals surface area contributed by atoms with E-state index in [1.807, 2.05) is 6.07 Å². The molecule has 2 aromatic carbocycles. The van der Waals surface area contributed by atoms with Crippen LogP contribution in [0.5, 0.6) is 11.5 Å². The van der Waals surface area contributed by atoms with Gasteiger partial charge in [0.05, 0.1) is 11.2 Å². The van der Waals surface area contributed by atoms with Crippen LogP contribution in [0.25, 0.3) is 0 Å². The molecule has 1 N–H and O–H groups in total. The Bertz CT molecular complexity index is 726. The van der Waals surface area contributed by atoms with Gasteiger partial charge in [-0.3, -0.25) is 4.79 Å². The fraction of sp³-hybridized carbons (Fsp3) is 0.409. The lowest BCUT2D eigenvalue weighted by Gasteiger charge is -2.25. The summed E-state index contributed by atoms with van der Waals surface area (Å²) in [6, 6.07) is 11.4. The Morgan fingerprint density at radius 3 is 1.88 bits per heavy atom. The van der Waals surface area contributed by atoms with Crippen molar-refractivity contribution in [2.75, 3.05) is 0 Å². The van der Waals surface area contributed by atoms with Crippen LogP contribution in [0.3, 0.4) is 0 Å². The van der Waals surface area contributed by atoms with Gasteiger partial charge in [0.15, 0.2) is 6.29 Å². The number of aliphatic hydroxyl groups is 1. The van der Waals surface area contributed by atoms with Crippen LogP contribution in [-0.2, 0) is 5.60 Å². The van der Waals surface area contributed by atoms with E-state index < -0.39 is 5.60 Å². The van der Waals surface area contributed by atoms with Crippen molar-refractivity contribution in [3.63, 3.8) is 0 Å². The number of benzene rings is 2. The minimum absolute atomic E-state index is 0.280. The third kappa shape index (κ3) is 4.10. The lowest BCUT2D eigenvalue weighted by molar-refractivity contribution is 0.0761. The standard InChI is InChI=1S/C22H28O3/c1-14(2)17-10-8-11-18(15(3)4)21(17)25-20-16(13-23)9-7-12-19(20)22(5,6)24/h7-15,24H,1-6H3. The molecule has 0 heterocycles. The zero-order chi connectivity index (χ0) is 18.8. The summed E-state index contributed by atoms with van der Waals surface area (Å²) in [7, 11) is 0. The summed E-state index contributed by atoms with van der Waals surface area (Å²) in [5.74, 6) is 1.78. The van der Waals surface area contributed by atoms with Gasteiger partial charge < -0.3 is 9.84 Å². The SMILES string of the molecule is CC(C)c1cccc(C(C)C)c1Oc1c(C=O)cccc1C(C)(C)O. The fourth-order valence-corrected chi connectivity index (χ4v) is 2.95. The number of rotatable bonds is 6. The quantitative estimate of drug-likeness (QED) is 0.679. The number of para-hydroxylation sites is 2. The van der Waals surface area contributed by atoms with E-state index in [1.54, 1.807) is 32.0 Å². The Kier molecular flexibility index (Phi) is 5.69. The Balaban J connectivity index is 2.70. The molecule has 25 heavy (non-hydrogen) atoms. The molecule has 0 fully saturated rings. The first kappa shape index (κ1) is 19.2. The molecule has 0 bridgehead atoms. The molecule has 0 aliphatic heterocycles. The predicted molar refractivity (Wildman–Crippen MR) is 102 cm³/mol. The molecule has 0 amide bonds. The highest BCUT2D eigenvalue weighted by molar-refractivity contribution is 5.81. The molecule has 0 aliphatic carbocycles. The van der Waals surface area contributed by atoms with Crippen LogP contribution in [0.4, 0.5) is 0 Å². The molecular formula is C22H28O3. The minimum atomic E-state index is -1.11. The van der Waals surface area contributed by atoms with Crippen molar-refractivity contribution in [2.24, 2.45) is 0 Å². The van der Waals surface area contributed by atoms with Gasteiger partial charge in [0, 0.05) is 5.56 Å². The largest absolute Gasteiger partial charge is 0.456 e. The van der Waals surface area contributed by atoms with Crippen molar-refractivity contribution in [1.29, 1.82) is 0 Å². The molecule has 0 saturated carbocycles. The van der Waals surface area contributed by atoms with Gasteiger partial charge in [0.25, 0.3) is 0 Å². The van der Waals surface area contributed by atoms with Crippen molar-refractivity contribution in [2.45, 2.75) is 59.0 Å². The maximum atomic E-state index is 11.6. The van der Waals surface area contributed by atoms with E-state index in [0.29, 0.717) is 16.9 Å². The van der Waals surface area contributed by atoms with Crippen LogP contribution < -0.4 is 4.74 Å². The first-order valence-electron chi connectivity index (χ1n) is 8.78. The smallest absolute Gasteiger partial charge is 0.153 e. The highest BCUT2D eigenvalue weighted by Gasteiger charge is 2.25. The Hall–Kier alpha value is -2.13. The Morgan fingerprint density at radius 2 is 1.44 bits per heavy atom. The summed E-state index contributed by atoms with van der Waals surface area (Å²) in [6.45, 7) is 11.9. The number of carbonyl (C=O) groups is 1. The summed E-state index contributed by atoms with van der Waals surface area (Å²) in [4.78, 5) is 11.6. The van der Waals surface area contributed by atoms with Crippen molar-refractivity contribution >= 4 is 6.29 Å². The van der Waals surface area contributed by atoms with Crippen LogP contribution in [0, 0.1) is 0 Å². The molecule has 0 saturated heterocycles. The zero-order valence-corrected chi connectivity index (χ0v) is 16.0. The van der Waals surface area contributed by atoms with Crippen molar-refractivity contribution in [3.05, 3.63) is 58.7 Å². The Morgan fingerprint density at radius 1 is 0.920 bits per heavy atom. The van der Waals surface area contributed by atoms with Crippen molar-refractivity contribution in [1.82, 2.24) is 0 Å². The van der Waals surface area contributed by atoms with E-state index in [2.05, 4.69) is 39.8 Å². The summed E-state index contributed by atoms with van der Waals surface area (Å²) in [6.07, 6.45) is 0.775. The van der Waals surface area contributed by atoms with E-state index in [4.69, 9.17) is 4.74 Å². The van der Waals surface area contributed by atoms with Crippen LogP contribution in [0.1, 0.15) is 80.4 Å². The topological polar surface area (TPSA) is 46.5 Å². The highest BCUT2D eigenvalue weighted by atomic mass is 16.5. The van der Waals surface area contributed by atoms with Crippen LogP contribution in [0.2, 0.25) is 0 Å². The van der Waals surface area contributed by atoms with Gasteiger partial charge in [-0.05, 0) is 42.9 Å². The lowest BCUT2D eigenvalue weighted by atomic mass is 9.93. The number of aldehydes is 1. The number of hydrogen-bond donors (Lipinski definition) is 1. The third-order valence-electron chi connectivity index (χ3n) is 4.36. The van der Waals surface area contributed by atoms with E-state index >= 15 is 0 Å². The fourth-order valence-electron chi connectivity index (χ4n) is 2.95. The molecule has 0 atom stereocenters. The summed E-state index contributed by atoms with van der Waals surface area (Å²) in [5.41, 5.74) is 2.11. The molecule has 2 rings (SSSR count). The van der Waals surface area contributed by atoms with E-state index in [9.17, 15) is 9.90 Å². The van der Waals surface area contributed by atoms with Crippen LogP contribution >= 0.6 is 0 Å². The number of ether oxygens (including phenoxy) is 1. The van der Waals surface area contributed by atoms with E-state index in [1.165, 1.54) is 0 Å². The van der Waals surface area contributed by atoms with E-state index in [-0.39, 0.29) is 11.8 Å². The average Bonchev–Trinajstić information content (AvgIpc) is 2.53. The number of hydrogen-bond acceptors (Lipinski definition) is 3. The van der Waals surface area contributed by atoms with Crippen molar-refractivity contribution < 1.29 is 14.6 Å².